The molecule has 148 valence electrons. The van der Waals surface area contributed by atoms with Crippen LogP contribution in [0, 0.1) is 0 Å². The number of piperidine rings is 1. The van der Waals surface area contributed by atoms with Gasteiger partial charge in [-0.3, -0.25) is 9.59 Å². The largest absolute Gasteiger partial charge is 0.495 e. The highest BCUT2D eigenvalue weighted by atomic mass is 16.5. The lowest BCUT2D eigenvalue weighted by Gasteiger charge is -2.28. The summed E-state index contributed by atoms with van der Waals surface area (Å²) in [6.45, 7) is 2.81. The number of anilines is 2. The molecule has 0 aliphatic carbocycles. The molecule has 1 saturated heterocycles. The number of aryl methyl sites for hydroxylation is 2. The van der Waals surface area contributed by atoms with Crippen LogP contribution < -0.4 is 15.0 Å². The van der Waals surface area contributed by atoms with Gasteiger partial charge in [0.1, 0.15) is 5.75 Å². The Morgan fingerprint density at radius 3 is 2.54 bits per heavy atom. The van der Waals surface area contributed by atoms with Gasteiger partial charge in [-0.1, -0.05) is 31.2 Å². The molecule has 0 radical (unpaired) electrons. The average molecular weight is 380 g/mol. The lowest BCUT2D eigenvalue weighted by molar-refractivity contribution is -0.119. The summed E-state index contributed by atoms with van der Waals surface area (Å²) >= 11 is 0. The van der Waals surface area contributed by atoms with E-state index >= 15 is 0 Å². The summed E-state index contributed by atoms with van der Waals surface area (Å²) in [5.74, 6) is 0.702. The Morgan fingerprint density at radius 2 is 1.86 bits per heavy atom. The Morgan fingerprint density at radius 1 is 1.11 bits per heavy atom. The van der Waals surface area contributed by atoms with Gasteiger partial charge in [-0.2, -0.15) is 0 Å². The van der Waals surface area contributed by atoms with Gasteiger partial charge in [-0.25, -0.2) is 0 Å². The predicted molar refractivity (Wildman–Crippen MR) is 112 cm³/mol. The van der Waals surface area contributed by atoms with Gasteiger partial charge in [0.25, 0.3) is 0 Å². The number of carbonyl (C=O) groups excluding carboxylic acids is 2. The summed E-state index contributed by atoms with van der Waals surface area (Å²) in [7, 11) is 1.59. The van der Waals surface area contributed by atoms with Crippen molar-refractivity contribution in [3.05, 3.63) is 53.6 Å². The zero-order valence-electron chi connectivity index (χ0n) is 16.7. The molecule has 3 rings (SSSR count). The molecule has 5 nitrogen and oxygen atoms in total. The van der Waals surface area contributed by atoms with Crippen LogP contribution in [0.2, 0.25) is 0 Å². The Hall–Kier alpha value is -2.82. The summed E-state index contributed by atoms with van der Waals surface area (Å²) in [5.41, 5.74) is 3.86. The standard InChI is InChI=1S/C23H28N2O3/c1-3-17-7-9-18(10-8-17)11-14-22(26)24-19-12-13-21(28-2)20(16-19)25-15-5-4-6-23(25)27/h7-10,12-13,16H,3-6,11,14-15H2,1-2H3,(H,24,26). The third kappa shape index (κ3) is 4.91. The minimum atomic E-state index is -0.0411. The number of benzene rings is 2. The highest BCUT2D eigenvalue weighted by Gasteiger charge is 2.23. The second kappa shape index (κ2) is 9.40. The highest BCUT2D eigenvalue weighted by molar-refractivity contribution is 5.97. The molecule has 0 spiro atoms. The molecule has 2 aromatic carbocycles. The molecule has 1 heterocycles. The molecule has 0 atom stereocenters. The highest BCUT2D eigenvalue weighted by Crippen LogP contribution is 2.33. The van der Waals surface area contributed by atoms with Crippen LogP contribution >= 0.6 is 0 Å². The quantitative estimate of drug-likeness (QED) is 0.777. The van der Waals surface area contributed by atoms with Crippen molar-refractivity contribution < 1.29 is 14.3 Å². The van der Waals surface area contributed by atoms with Crippen molar-refractivity contribution in [3.63, 3.8) is 0 Å². The van der Waals surface area contributed by atoms with E-state index in [0.29, 0.717) is 37.2 Å². The van der Waals surface area contributed by atoms with E-state index in [2.05, 4.69) is 36.5 Å². The van der Waals surface area contributed by atoms with E-state index in [9.17, 15) is 9.59 Å². The van der Waals surface area contributed by atoms with Gasteiger partial charge < -0.3 is 15.0 Å². The second-order valence-electron chi connectivity index (χ2n) is 7.11. The number of nitrogens with zero attached hydrogens (tertiary/aromatic N) is 1. The fraction of sp³-hybridized carbons (Fsp3) is 0.391. The molecule has 1 fully saturated rings. The lowest BCUT2D eigenvalue weighted by atomic mass is 10.1. The van der Waals surface area contributed by atoms with Gasteiger partial charge in [0.05, 0.1) is 12.8 Å². The predicted octanol–water partition coefficient (Wildman–Crippen LogP) is 4.35. The molecule has 1 aliphatic rings. The molecule has 1 N–H and O–H groups in total. The number of nitrogens with one attached hydrogen (secondary N) is 1. The zero-order valence-corrected chi connectivity index (χ0v) is 16.7. The maximum atomic E-state index is 12.4. The van der Waals surface area contributed by atoms with Crippen LogP contribution in [-0.2, 0) is 22.4 Å². The third-order valence-electron chi connectivity index (χ3n) is 5.15. The summed E-state index contributed by atoms with van der Waals surface area (Å²) in [5, 5.41) is 2.95. The van der Waals surface area contributed by atoms with Crippen LogP contribution in [0.25, 0.3) is 0 Å². The minimum Gasteiger partial charge on any atom is -0.495 e. The van der Waals surface area contributed by atoms with E-state index in [1.54, 1.807) is 18.1 Å². The van der Waals surface area contributed by atoms with Gasteiger partial charge in [0.2, 0.25) is 11.8 Å². The maximum Gasteiger partial charge on any atom is 0.227 e. The second-order valence-corrected chi connectivity index (χ2v) is 7.11. The van der Waals surface area contributed by atoms with Gasteiger partial charge in [0.15, 0.2) is 0 Å². The van der Waals surface area contributed by atoms with Crippen molar-refractivity contribution in [1.29, 1.82) is 0 Å². The smallest absolute Gasteiger partial charge is 0.227 e. The van der Waals surface area contributed by atoms with Gasteiger partial charge in [-0.15, -0.1) is 0 Å². The van der Waals surface area contributed by atoms with Crippen molar-refractivity contribution in [2.75, 3.05) is 23.9 Å². The Kier molecular flexibility index (Phi) is 6.69. The first-order chi connectivity index (χ1) is 13.6. The van der Waals surface area contributed by atoms with Crippen LogP contribution in [-0.4, -0.2) is 25.5 Å². The first-order valence-corrected chi connectivity index (χ1v) is 9.96. The van der Waals surface area contributed by atoms with E-state index < -0.39 is 0 Å². The number of carbonyl (C=O) groups is 2. The number of hydrogen-bond acceptors (Lipinski definition) is 3. The van der Waals surface area contributed by atoms with Gasteiger partial charge in [-0.05, 0) is 55.0 Å². The van der Waals surface area contributed by atoms with Crippen molar-refractivity contribution in [2.24, 2.45) is 0 Å². The molecule has 0 bridgehead atoms. The van der Waals surface area contributed by atoms with Crippen LogP contribution in [0.4, 0.5) is 11.4 Å². The normalized spacial score (nSPS) is 14.1. The first kappa shape index (κ1) is 19.9. The zero-order chi connectivity index (χ0) is 19.9. The third-order valence-corrected chi connectivity index (χ3v) is 5.15. The fourth-order valence-corrected chi connectivity index (χ4v) is 3.46. The number of hydrogen-bond donors (Lipinski definition) is 1. The Balaban J connectivity index is 1.65. The molecule has 28 heavy (non-hydrogen) atoms. The minimum absolute atomic E-state index is 0.0411. The van der Waals surface area contributed by atoms with Crippen molar-refractivity contribution >= 4 is 23.2 Å². The van der Waals surface area contributed by atoms with Crippen molar-refractivity contribution in [2.45, 2.75) is 45.4 Å². The first-order valence-electron chi connectivity index (χ1n) is 9.96. The molecule has 2 amide bonds. The van der Waals surface area contributed by atoms with Crippen LogP contribution in [0.5, 0.6) is 5.75 Å². The molecule has 0 unspecified atom stereocenters. The summed E-state index contributed by atoms with van der Waals surface area (Å²) in [4.78, 5) is 26.4. The van der Waals surface area contributed by atoms with E-state index in [-0.39, 0.29) is 11.8 Å². The molecular weight excluding hydrogens is 352 g/mol. The Bertz CT molecular complexity index is 830. The molecule has 1 aliphatic heterocycles. The molecule has 0 saturated carbocycles. The van der Waals surface area contributed by atoms with Crippen molar-refractivity contribution in [3.8, 4) is 5.75 Å². The van der Waals surface area contributed by atoms with Crippen molar-refractivity contribution in [1.82, 2.24) is 0 Å². The van der Waals surface area contributed by atoms with Crippen LogP contribution in [0.1, 0.15) is 43.7 Å². The number of ether oxygens (including phenoxy) is 1. The molecule has 2 aromatic rings. The molecule has 0 aromatic heterocycles. The Labute approximate surface area is 166 Å². The number of rotatable bonds is 7. The molecule has 5 heteroatoms. The monoisotopic (exact) mass is 380 g/mol. The topological polar surface area (TPSA) is 58.6 Å². The van der Waals surface area contributed by atoms with E-state index in [1.165, 1.54) is 5.56 Å². The van der Waals surface area contributed by atoms with Crippen LogP contribution in [0.15, 0.2) is 42.5 Å². The maximum absolute atomic E-state index is 12.4. The average Bonchev–Trinajstić information content (AvgIpc) is 2.73. The fourth-order valence-electron chi connectivity index (χ4n) is 3.46. The molecular formula is C23H28N2O3. The SMILES string of the molecule is CCc1ccc(CCC(=O)Nc2ccc(OC)c(N3CCCCC3=O)c2)cc1. The van der Waals surface area contributed by atoms with Gasteiger partial charge in [0, 0.05) is 25.1 Å². The van der Waals surface area contributed by atoms with E-state index in [4.69, 9.17) is 4.74 Å². The van der Waals surface area contributed by atoms with Gasteiger partial charge >= 0.3 is 0 Å². The van der Waals surface area contributed by atoms with E-state index in [1.807, 2.05) is 12.1 Å². The van der Waals surface area contributed by atoms with Crippen LogP contribution in [0.3, 0.4) is 0 Å². The summed E-state index contributed by atoms with van der Waals surface area (Å²) in [6.07, 6.45) is 4.57. The summed E-state index contributed by atoms with van der Waals surface area (Å²) in [6, 6.07) is 13.8. The number of methoxy groups -OCH3 is 1. The number of amides is 2. The van der Waals surface area contributed by atoms with E-state index in [0.717, 1.165) is 30.5 Å². The summed E-state index contributed by atoms with van der Waals surface area (Å²) < 4.78 is 5.42. The lowest BCUT2D eigenvalue weighted by Crippen LogP contribution is -2.35.